The number of nitrogens with zero attached hydrogens (tertiary/aromatic N) is 1. The van der Waals surface area contributed by atoms with Crippen molar-refractivity contribution >= 4 is 33.5 Å². The summed E-state index contributed by atoms with van der Waals surface area (Å²) in [5.74, 6) is -1.33. The van der Waals surface area contributed by atoms with E-state index in [-0.39, 0.29) is 12.5 Å². The van der Waals surface area contributed by atoms with Gasteiger partial charge in [0.15, 0.2) is 0 Å². The van der Waals surface area contributed by atoms with Gasteiger partial charge in [0.05, 0.1) is 12.1 Å². The summed E-state index contributed by atoms with van der Waals surface area (Å²) in [5, 5.41) is 8.86. The van der Waals surface area contributed by atoms with Gasteiger partial charge in [0, 0.05) is 22.6 Å². The van der Waals surface area contributed by atoms with E-state index in [2.05, 4.69) is 15.9 Å². The molecule has 1 aromatic rings. The topological polar surface area (TPSA) is 83.6 Å². The van der Waals surface area contributed by atoms with Crippen molar-refractivity contribution in [3.63, 3.8) is 0 Å². The third-order valence-electron chi connectivity index (χ3n) is 2.88. The number of amides is 1. The van der Waals surface area contributed by atoms with Crippen molar-refractivity contribution in [1.29, 1.82) is 0 Å². The lowest BCUT2D eigenvalue weighted by atomic mass is 10.1. The quantitative estimate of drug-likeness (QED) is 0.838. The third kappa shape index (κ3) is 3.96. The molecular formula is C13H17BrN2O3. The first-order chi connectivity index (χ1) is 8.86. The Morgan fingerprint density at radius 2 is 2.11 bits per heavy atom. The molecule has 0 saturated heterocycles. The predicted molar refractivity (Wildman–Crippen MR) is 77.4 cm³/mol. The van der Waals surface area contributed by atoms with E-state index >= 15 is 0 Å². The number of carboxylic acid groups (broad SMARTS) is 1. The molecule has 1 rings (SSSR count). The van der Waals surface area contributed by atoms with Gasteiger partial charge in [-0.05, 0) is 48.0 Å². The fourth-order valence-corrected chi connectivity index (χ4v) is 2.58. The van der Waals surface area contributed by atoms with Crippen LogP contribution in [-0.2, 0) is 4.79 Å². The Bertz CT molecular complexity index is 491. The summed E-state index contributed by atoms with van der Waals surface area (Å²) in [7, 11) is 0. The Morgan fingerprint density at radius 3 is 2.53 bits per heavy atom. The predicted octanol–water partition coefficient (Wildman–Crippen LogP) is 2.24. The summed E-state index contributed by atoms with van der Waals surface area (Å²) in [6.07, 6.45) is 0.0534. The van der Waals surface area contributed by atoms with Gasteiger partial charge in [-0.2, -0.15) is 0 Å². The normalized spacial score (nSPS) is 11.9. The number of hydrogen-bond acceptors (Lipinski definition) is 3. The number of carboxylic acids is 1. The van der Waals surface area contributed by atoms with Crippen LogP contribution < -0.4 is 10.6 Å². The van der Waals surface area contributed by atoms with Crippen LogP contribution in [-0.4, -0.2) is 29.6 Å². The summed E-state index contributed by atoms with van der Waals surface area (Å²) in [6.45, 7) is 4.47. The van der Waals surface area contributed by atoms with Crippen molar-refractivity contribution in [3.8, 4) is 0 Å². The summed E-state index contributed by atoms with van der Waals surface area (Å²) < 4.78 is 0.725. The fraction of sp³-hybridized carbons (Fsp3) is 0.385. The van der Waals surface area contributed by atoms with E-state index in [0.29, 0.717) is 12.1 Å². The highest BCUT2D eigenvalue weighted by Gasteiger charge is 2.18. The van der Waals surface area contributed by atoms with Crippen LogP contribution in [0.25, 0.3) is 0 Å². The molecule has 1 amide bonds. The van der Waals surface area contributed by atoms with Crippen LogP contribution in [0.2, 0.25) is 0 Å². The van der Waals surface area contributed by atoms with E-state index < -0.39 is 11.9 Å². The molecule has 19 heavy (non-hydrogen) atoms. The van der Waals surface area contributed by atoms with E-state index in [0.717, 1.165) is 10.2 Å². The molecule has 0 radical (unpaired) electrons. The number of aliphatic carboxylic acids is 1. The van der Waals surface area contributed by atoms with Gasteiger partial charge >= 0.3 is 5.97 Å². The molecule has 3 N–H and O–H groups in total. The van der Waals surface area contributed by atoms with Crippen molar-refractivity contribution in [2.24, 2.45) is 5.73 Å². The first-order valence-electron chi connectivity index (χ1n) is 5.94. The zero-order chi connectivity index (χ0) is 14.6. The van der Waals surface area contributed by atoms with E-state index in [4.69, 9.17) is 10.8 Å². The van der Waals surface area contributed by atoms with Gasteiger partial charge in [-0.1, -0.05) is 0 Å². The van der Waals surface area contributed by atoms with Crippen LogP contribution in [0.4, 0.5) is 5.69 Å². The molecule has 1 aromatic carbocycles. The Kier molecular flexibility index (Phi) is 5.35. The Hall–Kier alpha value is -1.56. The zero-order valence-electron chi connectivity index (χ0n) is 10.9. The maximum atomic E-state index is 11.1. The largest absolute Gasteiger partial charge is 0.481 e. The van der Waals surface area contributed by atoms with Gasteiger partial charge in [-0.3, -0.25) is 9.59 Å². The zero-order valence-corrected chi connectivity index (χ0v) is 12.5. The van der Waals surface area contributed by atoms with E-state index in [1.54, 1.807) is 18.2 Å². The van der Waals surface area contributed by atoms with Crippen LogP contribution >= 0.6 is 15.9 Å². The molecule has 0 saturated carbocycles. The van der Waals surface area contributed by atoms with E-state index in [9.17, 15) is 9.59 Å². The molecule has 1 unspecified atom stereocenters. The minimum atomic E-state index is -0.837. The summed E-state index contributed by atoms with van der Waals surface area (Å²) in [4.78, 5) is 23.8. The highest BCUT2D eigenvalue weighted by atomic mass is 79.9. The molecule has 5 nitrogen and oxygen atoms in total. The summed E-state index contributed by atoms with van der Waals surface area (Å²) >= 11 is 3.39. The van der Waals surface area contributed by atoms with Crippen LogP contribution in [0.1, 0.15) is 30.6 Å². The van der Waals surface area contributed by atoms with Gasteiger partial charge in [-0.15, -0.1) is 0 Å². The molecule has 0 aliphatic heterocycles. The van der Waals surface area contributed by atoms with Gasteiger partial charge in [0.2, 0.25) is 5.91 Å². The number of primary amides is 1. The lowest BCUT2D eigenvalue weighted by molar-refractivity contribution is -0.137. The first-order valence-corrected chi connectivity index (χ1v) is 6.73. The highest BCUT2D eigenvalue weighted by molar-refractivity contribution is 9.10. The molecule has 104 valence electrons. The van der Waals surface area contributed by atoms with Crippen molar-refractivity contribution in [2.75, 3.05) is 11.4 Å². The van der Waals surface area contributed by atoms with Crippen LogP contribution in [0, 0.1) is 0 Å². The van der Waals surface area contributed by atoms with Gasteiger partial charge < -0.3 is 15.7 Å². The van der Waals surface area contributed by atoms with Gasteiger partial charge in [0.25, 0.3) is 0 Å². The molecule has 0 aliphatic rings. The second-order valence-electron chi connectivity index (χ2n) is 4.26. The molecule has 0 heterocycles. The highest BCUT2D eigenvalue weighted by Crippen LogP contribution is 2.29. The molecule has 0 bridgehead atoms. The first kappa shape index (κ1) is 15.5. The Labute approximate surface area is 120 Å². The monoisotopic (exact) mass is 328 g/mol. The molecule has 1 atom stereocenters. The fourth-order valence-electron chi connectivity index (χ4n) is 1.98. The molecule has 0 aliphatic carbocycles. The van der Waals surface area contributed by atoms with Crippen LogP contribution in [0.3, 0.4) is 0 Å². The number of nitrogens with two attached hydrogens (primary N) is 1. The van der Waals surface area contributed by atoms with Gasteiger partial charge in [-0.25, -0.2) is 0 Å². The van der Waals surface area contributed by atoms with Crippen molar-refractivity contribution in [3.05, 3.63) is 28.2 Å². The smallest absolute Gasteiger partial charge is 0.305 e. The minimum absolute atomic E-state index is 0.0534. The van der Waals surface area contributed by atoms with Crippen molar-refractivity contribution < 1.29 is 14.7 Å². The number of benzene rings is 1. The average Bonchev–Trinajstić information content (AvgIpc) is 2.30. The maximum absolute atomic E-state index is 11.1. The number of halogens is 1. The van der Waals surface area contributed by atoms with Crippen molar-refractivity contribution in [1.82, 2.24) is 0 Å². The van der Waals surface area contributed by atoms with Gasteiger partial charge in [0.1, 0.15) is 0 Å². The number of rotatable bonds is 6. The van der Waals surface area contributed by atoms with Crippen molar-refractivity contribution in [2.45, 2.75) is 26.3 Å². The van der Waals surface area contributed by atoms with E-state index in [1.165, 1.54) is 0 Å². The maximum Gasteiger partial charge on any atom is 0.305 e. The van der Waals surface area contributed by atoms with Crippen LogP contribution in [0.5, 0.6) is 0 Å². The lowest BCUT2D eigenvalue weighted by Gasteiger charge is -2.30. The molecule has 0 aromatic heterocycles. The minimum Gasteiger partial charge on any atom is -0.481 e. The number of hydrogen-bond donors (Lipinski definition) is 2. The molecule has 0 fully saturated rings. The molecular weight excluding hydrogens is 312 g/mol. The standard InChI is InChI=1S/C13H17BrN2O3/c1-3-16(8(2)6-12(17)18)11-5-4-9(13(15)19)7-10(11)14/h4-5,7-8H,3,6H2,1-2H3,(H2,15,19)(H,17,18). The SMILES string of the molecule is CCN(c1ccc(C(N)=O)cc1Br)C(C)CC(=O)O. The number of anilines is 1. The second kappa shape index (κ2) is 6.56. The Morgan fingerprint density at radius 1 is 1.47 bits per heavy atom. The van der Waals surface area contributed by atoms with Crippen LogP contribution in [0.15, 0.2) is 22.7 Å². The molecule has 6 heteroatoms. The van der Waals surface area contributed by atoms with E-state index in [1.807, 2.05) is 18.7 Å². The summed E-state index contributed by atoms with van der Waals surface area (Å²) in [5.41, 5.74) is 6.48. The average molecular weight is 329 g/mol. The number of carbonyl (C=O) groups is 2. The number of carbonyl (C=O) groups excluding carboxylic acids is 1. The lowest BCUT2D eigenvalue weighted by Crippen LogP contribution is -2.34. The third-order valence-corrected chi connectivity index (χ3v) is 3.52. The molecule has 0 spiro atoms. The Balaban J connectivity index is 3.05. The summed E-state index contributed by atoms with van der Waals surface area (Å²) in [6, 6.07) is 4.91. The second-order valence-corrected chi connectivity index (χ2v) is 5.12.